The van der Waals surface area contributed by atoms with Crippen LogP contribution in [0.25, 0.3) is 10.9 Å². The fourth-order valence-corrected chi connectivity index (χ4v) is 3.36. The Morgan fingerprint density at radius 1 is 0.806 bits per heavy atom. The smallest absolute Gasteiger partial charge is 0.383 e. The normalized spacial score (nSPS) is 11.6. The van der Waals surface area contributed by atoms with Crippen LogP contribution in [0.15, 0.2) is 72.8 Å². The number of benzene rings is 3. The van der Waals surface area contributed by atoms with Crippen molar-refractivity contribution in [3.8, 4) is 0 Å². The molecule has 0 aliphatic carbocycles. The first-order valence-corrected chi connectivity index (χ1v) is 9.78. The molecule has 0 aliphatic rings. The van der Waals surface area contributed by atoms with Crippen molar-refractivity contribution in [2.45, 2.75) is 26.2 Å². The van der Waals surface area contributed by atoms with E-state index >= 15 is 0 Å². The number of para-hydroxylation sites is 1. The highest BCUT2D eigenvalue weighted by Gasteiger charge is 2.30. The van der Waals surface area contributed by atoms with Crippen LogP contribution in [0.3, 0.4) is 0 Å². The van der Waals surface area contributed by atoms with Crippen molar-refractivity contribution in [1.82, 2.24) is 9.97 Å². The van der Waals surface area contributed by atoms with Gasteiger partial charge in [-0.15, -0.1) is 0 Å². The minimum Gasteiger partial charge on any atom is -0.383 e. The Balaban J connectivity index is 1.70. The molecular formula is C24H21F3N4. The van der Waals surface area contributed by atoms with Crippen molar-refractivity contribution in [2.75, 3.05) is 10.6 Å². The molecule has 0 radical (unpaired) electrons. The van der Waals surface area contributed by atoms with Gasteiger partial charge in [-0.05, 0) is 42.3 Å². The van der Waals surface area contributed by atoms with E-state index in [2.05, 4.69) is 9.97 Å². The second-order valence-corrected chi connectivity index (χ2v) is 7.46. The van der Waals surface area contributed by atoms with Crippen molar-refractivity contribution >= 4 is 22.7 Å². The first-order valence-electron chi connectivity index (χ1n) is 9.78. The van der Waals surface area contributed by atoms with E-state index in [4.69, 9.17) is 5.73 Å². The number of rotatable bonds is 5. The Hall–Kier alpha value is -3.61. The molecular weight excluding hydrogens is 401 g/mol. The number of hydrogen-bond donors (Lipinski definition) is 1. The van der Waals surface area contributed by atoms with E-state index in [1.165, 1.54) is 12.1 Å². The van der Waals surface area contributed by atoms with Crippen LogP contribution in [-0.4, -0.2) is 9.97 Å². The van der Waals surface area contributed by atoms with Gasteiger partial charge < -0.3 is 10.6 Å². The maximum atomic E-state index is 12.9. The summed E-state index contributed by atoms with van der Waals surface area (Å²) in [5, 5.41) is 0.760. The van der Waals surface area contributed by atoms with Crippen molar-refractivity contribution in [3.63, 3.8) is 0 Å². The summed E-state index contributed by atoms with van der Waals surface area (Å²) in [5.74, 6) is 0.790. The van der Waals surface area contributed by atoms with Gasteiger partial charge in [-0.1, -0.05) is 54.1 Å². The van der Waals surface area contributed by atoms with Gasteiger partial charge in [0.2, 0.25) is 5.95 Å². The number of anilines is 2. The molecule has 158 valence electrons. The SMILES string of the molecule is Cc1ccc(CN(Cc2ccc(C(F)(F)F)cc2)c2nc(N)c3ccccc3n2)cc1. The van der Waals surface area contributed by atoms with Gasteiger partial charge in [0.1, 0.15) is 5.82 Å². The lowest BCUT2D eigenvalue weighted by atomic mass is 10.1. The van der Waals surface area contributed by atoms with Crippen molar-refractivity contribution in [1.29, 1.82) is 0 Å². The fourth-order valence-electron chi connectivity index (χ4n) is 3.36. The zero-order valence-corrected chi connectivity index (χ0v) is 16.9. The van der Waals surface area contributed by atoms with E-state index in [0.717, 1.165) is 34.2 Å². The quantitative estimate of drug-likeness (QED) is 0.445. The predicted octanol–water partition coefficient (Wildman–Crippen LogP) is 5.75. The number of aryl methyl sites for hydroxylation is 1. The molecule has 1 heterocycles. The summed E-state index contributed by atoms with van der Waals surface area (Å²) >= 11 is 0. The van der Waals surface area contributed by atoms with Crippen molar-refractivity contribution in [2.24, 2.45) is 0 Å². The summed E-state index contributed by atoms with van der Waals surface area (Å²) in [6, 6.07) is 20.7. The summed E-state index contributed by atoms with van der Waals surface area (Å²) in [7, 11) is 0. The second kappa shape index (κ2) is 8.26. The van der Waals surface area contributed by atoms with Crippen LogP contribution in [0.4, 0.5) is 24.9 Å². The van der Waals surface area contributed by atoms with Gasteiger partial charge in [-0.2, -0.15) is 18.2 Å². The molecule has 31 heavy (non-hydrogen) atoms. The highest BCUT2D eigenvalue weighted by Crippen LogP contribution is 2.30. The molecule has 0 bridgehead atoms. The van der Waals surface area contributed by atoms with Gasteiger partial charge in [-0.25, -0.2) is 4.98 Å². The lowest BCUT2D eigenvalue weighted by molar-refractivity contribution is -0.137. The van der Waals surface area contributed by atoms with E-state index in [1.54, 1.807) is 0 Å². The molecule has 2 N–H and O–H groups in total. The number of nitrogen functional groups attached to an aromatic ring is 1. The maximum absolute atomic E-state index is 12.9. The highest BCUT2D eigenvalue weighted by molar-refractivity contribution is 5.88. The van der Waals surface area contributed by atoms with Crippen LogP contribution in [0.2, 0.25) is 0 Å². The lowest BCUT2D eigenvalue weighted by Crippen LogP contribution is -2.25. The fraction of sp³-hybridized carbons (Fsp3) is 0.167. The number of nitrogens with zero attached hydrogens (tertiary/aromatic N) is 3. The zero-order valence-electron chi connectivity index (χ0n) is 16.9. The molecule has 7 heteroatoms. The van der Waals surface area contributed by atoms with Crippen LogP contribution >= 0.6 is 0 Å². The largest absolute Gasteiger partial charge is 0.416 e. The number of alkyl halides is 3. The standard InChI is InChI=1S/C24H21F3N4/c1-16-6-8-17(9-7-16)14-31(15-18-10-12-19(13-11-18)24(25,26)27)23-29-21-5-3-2-4-20(21)22(28)30-23/h2-13H,14-15H2,1H3,(H2,28,29,30). The average molecular weight is 422 g/mol. The van der Waals surface area contributed by atoms with E-state index < -0.39 is 11.7 Å². The molecule has 3 aromatic carbocycles. The lowest BCUT2D eigenvalue weighted by Gasteiger charge is -2.24. The molecule has 4 aromatic rings. The van der Waals surface area contributed by atoms with E-state index in [0.29, 0.717) is 30.4 Å². The molecule has 4 rings (SSSR count). The molecule has 0 unspecified atom stereocenters. The minimum atomic E-state index is -4.37. The van der Waals surface area contributed by atoms with E-state index in [9.17, 15) is 13.2 Å². The molecule has 0 aliphatic heterocycles. The van der Waals surface area contributed by atoms with Crippen LogP contribution in [0, 0.1) is 6.92 Å². The van der Waals surface area contributed by atoms with Gasteiger partial charge in [-0.3, -0.25) is 0 Å². The van der Waals surface area contributed by atoms with Gasteiger partial charge in [0.25, 0.3) is 0 Å². The maximum Gasteiger partial charge on any atom is 0.416 e. The molecule has 0 spiro atoms. The number of halogens is 3. The molecule has 0 amide bonds. The van der Waals surface area contributed by atoms with Crippen molar-refractivity contribution in [3.05, 3.63) is 95.1 Å². The third-order valence-electron chi connectivity index (χ3n) is 5.05. The third-order valence-corrected chi connectivity index (χ3v) is 5.05. The first kappa shape index (κ1) is 20.7. The number of aromatic nitrogens is 2. The van der Waals surface area contributed by atoms with Crippen molar-refractivity contribution < 1.29 is 13.2 Å². The Labute approximate surface area is 178 Å². The Morgan fingerprint density at radius 2 is 1.39 bits per heavy atom. The monoisotopic (exact) mass is 422 g/mol. The predicted molar refractivity (Wildman–Crippen MR) is 116 cm³/mol. The summed E-state index contributed by atoms with van der Waals surface area (Å²) in [6.45, 7) is 2.83. The van der Waals surface area contributed by atoms with E-state index in [1.807, 2.05) is 60.4 Å². The summed E-state index contributed by atoms with van der Waals surface area (Å²) < 4.78 is 38.7. The number of nitrogens with two attached hydrogens (primary N) is 1. The van der Waals surface area contributed by atoms with Crippen LogP contribution < -0.4 is 10.6 Å². The topological polar surface area (TPSA) is 55.0 Å². The minimum absolute atomic E-state index is 0.337. The zero-order chi connectivity index (χ0) is 22.0. The van der Waals surface area contributed by atoms with Crippen LogP contribution in [0.5, 0.6) is 0 Å². The summed E-state index contributed by atoms with van der Waals surface area (Å²) in [4.78, 5) is 11.1. The third kappa shape index (κ3) is 4.77. The average Bonchev–Trinajstić information content (AvgIpc) is 2.74. The number of fused-ring (bicyclic) bond motifs is 1. The van der Waals surface area contributed by atoms with Gasteiger partial charge in [0.15, 0.2) is 0 Å². The summed E-state index contributed by atoms with van der Waals surface area (Å²) in [5.41, 5.74) is 9.10. The van der Waals surface area contributed by atoms with Crippen LogP contribution in [0.1, 0.15) is 22.3 Å². The van der Waals surface area contributed by atoms with Gasteiger partial charge in [0, 0.05) is 18.5 Å². The molecule has 0 saturated heterocycles. The van der Waals surface area contributed by atoms with E-state index in [-0.39, 0.29) is 0 Å². The molecule has 1 aromatic heterocycles. The molecule has 0 fully saturated rings. The molecule has 0 atom stereocenters. The van der Waals surface area contributed by atoms with Gasteiger partial charge in [0.05, 0.1) is 11.1 Å². The number of hydrogen-bond acceptors (Lipinski definition) is 4. The molecule has 0 saturated carbocycles. The second-order valence-electron chi connectivity index (χ2n) is 7.46. The Morgan fingerprint density at radius 3 is 2.00 bits per heavy atom. The summed E-state index contributed by atoms with van der Waals surface area (Å²) in [6.07, 6.45) is -4.37. The van der Waals surface area contributed by atoms with Crippen LogP contribution in [-0.2, 0) is 19.3 Å². The Bertz CT molecular complexity index is 1190. The highest BCUT2D eigenvalue weighted by atomic mass is 19.4. The first-order chi connectivity index (χ1) is 14.8. The molecule has 4 nitrogen and oxygen atoms in total. The van der Waals surface area contributed by atoms with Gasteiger partial charge >= 0.3 is 6.18 Å². The Kier molecular flexibility index (Phi) is 5.50.